The highest BCUT2D eigenvalue weighted by Gasteiger charge is 2.57. The quantitative estimate of drug-likeness (QED) is 0.795. The van der Waals surface area contributed by atoms with Gasteiger partial charge in [0.15, 0.2) is 0 Å². The molecule has 1 atom stereocenters. The highest BCUT2D eigenvalue weighted by molar-refractivity contribution is 5.98. The molecule has 1 aliphatic heterocycles. The van der Waals surface area contributed by atoms with Crippen LogP contribution >= 0.6 is 0 Å². The first-order valence-corrected chi connectivity index (χ1v) is 8.84. The number of hydrogen-bond acceptors (Lipinski definition) is 3. The van der Waals surface area contributed by atoms with Gasteiger partial charge in [-0.1, -0.05) is 0 Å². The highest BCUT2D eigenvalue weighted by Crippen LogP contribution is 2.58. The van der Waals surface area contributed by atoms with Crippen LogP contribution < -0.4 is 16.0 Å². The monoisotopic (exact) mass is 329 g/mol. The van der Waals surface area contributed by atoms with Gasteiger partial charge in [-0.15, -0.1) is 0 Å². The highest BCUT2D eigenvalue weighted by atomic mass is 16.2. The van der Waals surface area contributed by atoms with Crippen LogP contribution in [0.2, 0.25) is 0 Å². The first-order chi connectivity index (χ1) is 11.4. The molecule has 1 aliphatic carbocycles. The number of benzene rings is 1. The molecule has 0 radical (unpaired) electrons. The maximum Gasteiger partial charge on any atom is 0.251 e. The summed E-state index contributed by atoms with van der Waals surface area (Å²) in [5.41, 5.74) is 2.58. The number of carbonyl (C=O) groups is 2. The lowest BCUT2D eigenvalue weighted by Crippen LogP contribution is -2.31. The SMILES string of the molecule is Cc1cc(C(=O)NC(C)C)ccc1NC(=O)C1CC12CCNCC2. The minimum absolute atomic E-state index is 0.0816. The second-order valence-corrected chi connectivity index (χ2v) is 7.52. The van der Waals surface area contributed by atoms with Gasteiger partial charge in [0, 0.05) is 23.2 Å². The van der Waals surface area contributed by atoms with E-state index < -0.39 is 0 Å². The third-order valence-electron chi connectivity index (χ3n) is 5.27. The minimum atomic E-state index is -0.0816. The minimum Gasteiger partial charge on any atom is -0.350 e. The van der Waals surface area contributed by atoms with Gasteiger partial charge < -0.3 is 16.0 Å². The van der Waals surface area contributed by atoms with Crippen LogP contribution in [0.15, 0.2) is 18.2 Å². The summed E-state index contributed by atoms with van der Waals surface area (Å²) >= 11 is 0. The van der Waals surface area contributed by atoms with Crippen molar-refractivity contribution in [2.24, 2.45) is 11.3 Å². The topological polar surface area (TPSA) is 70.2 Å². The molecule has 5 heteroatoms. The van der Waals surface area contributed by atoms with Crippen molar-refractivity contribution < 1.29 is 9.59 Å². The van der Waals surface area contributed by atoms with E-state index in [4.69, 9.17) is 0 Å². The molecule has 5 nitrogen and oxygen atoms in total. The van der Waals surface area contributed by atoms with Crippen molar-refractivity contribution in [3.05, 3.63) is 29.3 Å². The molecule has 1 saturated heterocycles. The van der Waals surface area contributed by atoms with Crippen LogP contribution in [0.3, 0.4) is 0 Å². The lowest BCUT2D eigenvalue weighted by Gasteiger charge is -2.23. The summed E-state index contributed by atoms with van der Waals surface area (Å²) < 4.78 is 0. The summed E-state index contributed by atoms with van der Waals surface area (Å²) in [4.78, 5) is 24.6. The zero-order valence-electron chi connectivity index (χ0n) is 14.7. The first-order valence-electron chi connectivity index (χ1n) is 8.84. The molecule has 1 spiro atoms. The molecule has 3 rings (SSSR count). The third kappa shape index (κ3) is 3.46. The molecule has 0 bridgehead atoms. The van der Waals surface area contributed by atoms with Crippen molar-refractivity contribution in [1.29, 1.82) is 0 Å². The number of hydrogen-bond donors (Lipinski definition) is 3. The molecule has 24 heavy (non-hydrogen) atoms. The van der Waals surface area contributed by atoms with Crippen molar-refractivity contribution >= 4 is 17.5 Å². The van der Waals surface area contributed by atoms with Crippen LogP contribution in [-0.2, 0) is 4.79 Å². The average Bonchev–Trinajstić information content (AvgIpc) is 3.22. The van der Waals surface area contributed by atoms with Gasteiger partial charge in [0.25, 0.3) is 5.91 Å². The first kappa shape index (κ1) is 17.0. The van der Waals surface area contributed by atoms with Crippen LogP contribution in [0.5, 0.6) is 0 Å². The Bertz CT molecular complexity index is 648. The van der Waals surface area contributed by atoms with Crippen molar-refractivity contribution in [3.8, 4) is 0 Å². The largest absolute Gasteiger partial charge is 0.350 e. The Morgan fingerprint density at radius 2 is 1.96 bits per heavy atom. The standard InChI is InChI=1S/C19H27N3O2/c1-12(2)21-17(23)14-4-5-16(13(3)10-14)22-18(24)15-11-19(15)6-8-20-9-7-19/h4-5,10,12,15,20H,6-9,11H2,1-3H3,(H,21,23)(H,22,24). The number of anilines is 1. The van der Waals surface area contributed by atoms with Gasteiger partial charge in [0.1, 0.15) is 0 Å². The van der Waals surface area contributed by atoms with E-state index in [0.717, 1.165) is 43.6 Å². The van der Waals surface area contributed by atoms with Gasteiger partial charge in [-0.05, 0) is 82.3 Å². The second kappa shape index (κ2) is 6.55. The summed E-state index contributed by atoms with van der Waals surface area (Å²) in [6.45, 7) is 7.83. The van der Waals surface area contributed by atoms with Gasteiger partial charge in [-0.25, -0.2) is 0 Å². The Labute approximate surface area is 143 Å². The summed E-state index contributed by atoms with van der Waals surface area (Å²) in [6.07, 6.45) is 3.20. The fourth-order valence-electron chi connectivity index (χ4n) is 3.71. The Kier molecular flexibility index (Phi) is 4.63. The van der Waals surface area contributed by atoms with E-state index >= 15 is 0 Å². The smallest absolute Gasteiger partial charge is 0.251 e. The summed E-state index contributed by atoms with van der Waals surface area (Å²) in [7, 11) is 0. The number of rotatable bonds is 4. The van der Waals surface area contributed by atoms with Crippen LogP contribution in [0.4, 0.5) is 5.69 Å². The fraction of sp³-hybridized carbons (Fsp3) is 0.579. The van der Waals surface area contributed by atoms with E-state index in [0.29, 0.717) is 5.56 Å². The number of aryl methyl sites for hydroxylation is 1. The van der Waals surface area contributed by atoms with Gasteiger partial charge in [-0.3, -0.25) is 9.59 Å². The molecule has 3 N–H and O–H groups in total. The molecular weight excluding hydrogens is 302 g/mol. The van der Waals surface area contributed by atoms with E-state index in [1.165, 1.54) is 0 Å². The van der Waals surface area contributed by atoms with Gasteiger partial charge in [0.05, 0.1) is 0 Å². The van der Waals surface area contributed by atoms with Gasteiger partial charge in [-0.2, -0.15) is 0 Å². The van der Waals surface area contributed by atoms with E-state index in [2.05, 4.69) is 16.0 Å². The molecule has 130 valence electrons. The maximum atomic E-state index is 12.6. The van der Waals surface area contributed by atoms with Crippen LogP contribution in [0.1, 0.15) is 49.0 Å². The van der Waals surface area contributed by atoms with Crippen LogP contribution in [0.25, 0.3) is 0 Å². The number of amides is 2. The lowest BCUT2D eigenvalue weighted by molar-refractivity contribution is -0.118. The average molecular weight is 329 g/mol. The zero-order chi connectivity index (χ0) is 17.3. The van der Waals surface area contributed by atoms with Crippen molar-refractivity contribution in [2.75, 3.05) is 18.4 Å². The molecule has 1 aromatic carbocycles. The van der Waals surface area contributed by atoms with Crippen molar-refractivity contribution in [2.45, 2.75) is 46.1 Å². The second-order valence-electron chi connectivity index (χ2n) is 7.52. The van der Waals surface area contributed by atoms with E-state index in [9.17, 15) is 9.59 Å². The van der Waals surface area contributed by atoms with Crippen molar-refractivity contribution in [1.82, 2.24) is 10.6 Å². The molecule has 1 saturated carbocycles. The normalized spacial score (nSPS) is 21.6. The molecule has 0 aromatic heterocycles. The summed E-state index contributed by atoms with van der Waals surface area (Å²) in [5.74, 6) is 0.184. The molecular formula is C19H27N3O2. The third-order valence-corrected chi connectivity index (χ3v) is 5.27. The van der Waals surface area contributed by atoms with E-state index in [1.54, 1.807) is 6.07 Å². The molecule has 1 unspecified atom stereocenters. The predicted molar refractivity (Wildman–Crippen MR) is 95.1 cm³/mol. The lowest BCUT2D eigenvalue weighted by atomic mass is 9.91. The summed E-state index contributed by atoms with van der Waals surface area (Å²) in [5, 5.41) is 9.30. The number of piperidine rings is 1. The van der Waals surface area contributed by atoms with Gasteiger partial charge in [0.2, 0.25) is 5.91 Å². The van der Waals surface area contributed by atoms with Crippen molar-refractivity contribution in [3.63, 3.8) is 0 Å². The molecule has 2 amide bonds. The molecule has 2 fully saturated rings. The van der Waals surface area contributed by atoms with Gasteiger partial charge >= 0.3 is 0 Å². The zero-order valence-corrected chi connectivity index (χ0v) is 14.7. The Morgan fingerprint density at radius 1 is 1.25 bits per heavy atom. The van der Waals surface area contributed by atoms with Crippen LogP contribution in [0, 0.1) is 18.3 Å². The Balaban J connectivity index is 1.63. The predicted octanol–water partition coefficient (Wildman–Crippen LogP) is 2.46. The number of carbonyl (C=O) groups excluding carboxylic acids is 2. The molecule has 2 aliphatic rings. The van der Waals surface area contributed by atoms with E-state index in [1.807, 2.05) is 32.9 Å². The fourth-order valence-corrected chi connectivity index (χ4v) is 3.71. The molecule has 1 heterocycles. The summed E-state index contributed by atoms with van der Waals surface area (Å²) in [6, 6.07) is 5.54. The Hall–Kier alpha value is -1.88. The van der Waals surface area contributed by atoms with Crippen LogP contribution in [-0.4, -0.2) is 30.9 Å². The van der Waals surface area contributed by atoms with E-state index in [-0.39, 0.29) is 29.2 Å². The molecule has 1 aromatic rings. The number of nitrogens with one attached hydrogen (secondary N) is 3. The Morgan fingerprint density at radius 3 is 2.58 bits per heavy atom. The maximum absolute atomic E-state index is 12.6.